The first kappa shape index (κ1) is 16.7. The molecule has 0 radical (unpaired) electrons. The lowest BCUT2D eigenvalue weighted by Gasteiger charge is -2.22. The first-order valence-corrected chi connectivity index (χ1v) is 8.53. The maximum absolute atomic E-state index is 12.8. The Morgan fingerprint density at radius 1 is 1.32 bits per heavy atom. The molecule has 2 heterocycles. The summed E-state index contributed by atoms with van der Waals surface area (Å²) in [7, 11) is 0. The largest absolute Gasteiger partial charge is 0.477 e. The van der Waals surface area contributed by atoms with Gasteiger partial charge in [0.2, 0.25) is 5.91 Å². The highest BCUT2D eigenvalue weighted by molar-refractivity contribution is 7.17. The number of carbonyl (C=O) groups is 2. The van der Waals surface area contributed by atoms with Crippen molar-refractivity contribution in [3.63, 3.8) is 0 Å². The molecule has 1 amide bonds. The Labute approximate surface area is 148 Å². The summed E-state index contributed by atoms with van der Waals surface area (Å²) in [5.41, 5.74) is 1.92. The molecule has 0 unspecified atom stereocenters. The number of aromatic nitrogens is 1. The molecular weight excluding hydrogens is 338 g/mol. The molecule has 0 atom stereocenters. The highest BCUT2D eigenvalue weighted by atomic mass is 32.1. The van der Waals surface area contributed by atoms with Gasteiger partial charge in [-0.25, -0.2) is 4.79 Å². The number of nitriles is 1. The zero-order valence-electron chi connectivity index (χ0n) is 13.5. The van der Waals surface area contributed by atoms with Crippen molar-refractivity contribution in [2.75, 3.05) is 11.4 Å². The summed E-state index contributed by atoms with van der Waals surface area (Å²) < 4.78 is 2.35. The summed E-state index contributed by atoms with van der Waals surface area (Å²) >= 11 is 1.44. The molecule has 2 aromatic heterocycles. The van der Waals surface area contributed by atoms with Crippen molar-refractivity contribution in [3.05, 3.63) is 53.0 Å². The van der Waals surface area contributed by atoms with Crippen molar-refractivity contribution < 1.29 is 14.7 Å². The fraction of sp³-hybridized carbons (Fsp3) is 0.167. The van der Waals surface area contributed by atoms with Gasteiger partial charge in [0.05, 0.1) is 21.8 Å². The van der Waals surface area contributed by atoms with Crippen LogP contribution in [0.25, 0.3) is 10.2 Å². The molecule has 0 fully saturated rings. The number of hydrogen-bond donors (Lipinski definition) is 1. The molecule has 1 aromatic carbocycles. The predicted molar refractivity (Wildman–Crippen MR) is 96.0 cm³/mol. The normalized spacial score (nSPS) is 10.6. The van der Waals surface area contributed by atoms with Crippen LogP contribution < -0.4 is 4.90 Å². The minimum absolute atomic E-state index is 0.0769. The third-order valence-corrected chi connectivity index (χ3v) is 4.79. The number of carboxylic acid groups (broad SMARTS) is 1. The van der Waals surface area contributed by atoms with Gasteiger partial charge in [-0.2, -0.15) is 5.26 Å². The Morgan fingerprint density at radius 3 is 2.80 bits per heavy atom. The zero-order chi connectivity index (χ0) is 18.0. The molecule has 0 aliphatic heterocycles. The summed E-state index contributed by atoms with van der Waals surface area (Å²) in [5.74, 6) is -1.30. The molecular formula is C18H15N3O3S. The van der Waals surface area contributed by atoms with Gasteiger partial charge in [-0.15, -0.1) is 11.3 Å². The maximum atomic E-state index is 12.8. The molecule has 6 nitrogen and oxygen atoms in total. The van der Waals surface area contributed by atoms with Crippen molar-refractivity contribution >= 4 is 39.1 Å². The molecule has 126 valence electrons. The molecule has 3 rings (SSSR count). The van der Waals surface area contributed by atoms with Gasteiger partial charge in [0.1, 0.15) is 12.2 Å². The highest BCUT2D eigenvalue weighted by Crippen LogP contribution is 2.26. The van der Waals surface area contributed by atoms with E-state index in [-0.39, 0.29) is 18.1 Å². The number of carboxylic acids is 1. The standard InChI is InChI=1S/C18H15N3O3S/c1-2-20(13-5-3-4-12(8-13)10-19)17(22)11-21-14-6-7-25-16(14)9-15(21)18(23)24/h3-9H,2,11H2,1H3,(H,23,24). The number of nitrogens with zero attached hydrogens (tertiary/aromatic N) is 3. The van der Waals surface area contributed by atoms with Crippen LogP contribution in [0.15, 0.2) is 41.8 Å². The van der Waals surface area contributed by atoms with E-state index in [1.165, 1.54) is 15.9 Å². The quantitative estimate of drug-likeness (QED) is 0.762. The van der Waals surface area contributed by atoms with E-state index in [0.29, 0.717) is 17.8 Å². The summed E-state index contributed by atoms with van der Waals surface area (Å²) in [6.45, 7) is 2.18. The summed E-state index contributed by atoms with van der Waals surface area (Å²) in [6, 6.07) is 12.3. The number of rotatable bonds is 5. The zero-order valence-corrected chi connectivity index (χ0v) is 14.3. The van der Waals surface area contributed by atoms with Crippen LogP contribution in [-0.4, -0.2) is 28.1 Å². The molecule has 0 aliphatic carbocycles. The molecule has 0 aliphatic rings. The molecule has 0 bridgehead atoms. The topological polar surface area (TPSA) is 86.3 Å². The minimum Gasteiger partial charge on any atom is -0.477 e. The van der Waals surface area contributed by atoms with Crippen LogP contribution in [0.3, 0.4) is 0 Å². The summed E-state index contributed by atoms with van der Waals surface area (Å²) in [5, 5.41) is 20.3. The second-order valence-electron chi connectivity index (χ2n) is 5.39. The van der Waals surface area contributed by atoms with Crippen LogP contribution in [0.5, 0.6) is 0 Å². The second kappa shape index (κ2) is 6.79. The van der Waals surface area contributed by atoms with Crippen molar-refractivity contribution in [2.45, 2.75) is 13.5 Å². The van der Waals surface area contributed by atoms with Gasteiger partial charge in [-0.1, -0.05) is 6.07 Å². The van der Waals surface area contributed by atoms with E-state index in [0.717, 1.165) is 10.2 Å². The predicted octanol–water partition coefficient (Wildman–Crippen LogP) is 3.33. The second-order valence-corrected chi connectivity index (χ2v) is 6.34. The summed E-state index contributed by atoms with van der Waals surface area (Å²) in [6.07, 6.45) is 0. The summed E-state index contributed by atoms with van der Waals surface area (Å²) in [4.78, 5) is 25.8. The minimum atomic E-state index is -1.06. The monoisotopic (exact) mass is 353 g/mol. The van der Waals surface area contributed by atoms with Crippen LogP contribution in [-0.2, 0) is 11.3 Å². The van der Waals surface area contributed by atoms with E-state index in [1.54, 1.807) is 35.2 Å². The molecule has 7 heteroatoms. The van der Waals surface area contributed by atoms with Crippen molar-refractivity contribution in [1.82, 2.24) is 4.57 Å². The number of fused-ring (bicyclic) bond motifs is 1. The van der Waals surface area contributed by atoms with E-state index < -0.39 is 5.97 Å². The molecule has 0 spiro atoms. The van der Waals surface area contributed by atoms with Gasteiger partial charge in [-0.05, 0) is 42.6 Å². The lowest BCUT2D eigenvalue weighted by Crippen LogP contribution is -2.34. The fourth-order valence-electron chi connectivity index (χ4n) is 2.79. The Balaban J connectivity index is 1.95. The SMILES string of the molecule is CCN(C(=O)Cn1c(C(=O)O)cc2sccc21)c1cccc(C#N)c1. The van der Waals surface area contributed by atoms with Gasteiger partial charge in [0, 0.05) is 12.2 Å². The van der Waals surface area contributed by atoms with E-state index in [9.17, 15) is 14.7 Å². The van der Waals surface area contributed by atoms with Gasteiger partial charge in [0.25, 0.3) is 0 Å². The van der Waals surface area contributed by atoms with Gasteiger partial charge >= 0.3 is 5.97 Å². The Morgan fingerprint density at radius 2 is 2.12 bits per heavy atom. The smallest absolute Gasteiger partial charge is 0.352 e. The number of amides is 1. The van der Waals surface area contributed by atoms with Crippen LogP contribution in [0.2, 0.25) is 0 Å². The fourth-order valence-corrected chi connectivity index (χ4v) is 3.61. The van der Waals surface area contributed by atoms with Gasteiger partial charge in [-0.3, -0.25) is 4.79 Å². The number of carbonyl (C=O) groups excluding carboxylic acids is 1. The molecule has 25 heavy (non-hydrogen) atoms. The van der Waals surface area contributed by atoms with Crippen LogP contribution >= 0.6 is 11.3 Å². The number of thiophene rings is 1. The number of aromatic carboxylic acids is 1. The van der Waals surface area contributed by atoms with E-state index in [2.05, 4.69) is 6.07 Å². The van der Waals surface area contributed by atoms with E-state index in [1.807, 2.05) is 18.4 Å². The number of likely N-dealkylation sites (N-methyl/N-ethyl adjacent to an activating group) is 1. The third kappa shape index (κ3) is 3.12. The molecule has 0 saturated carbocycles. The molecule has 1 N–H and O–H groups in total. The van der Waals surface area contributed by atoms with E-state index in [4.69, 9.17) is 5.26 Å². The van der Waals surface area contributed by atoms with Gasteiger partial charge in [0.15, 0.2) is 0 Å². The van der Waals surface area contributed by atoms with Crippen molar-refractivity contribution in [3.8, 4) is 6.07 Å². The average Bonchev–Trinajstić information content (AvgIpc) is 3.18. The van der Waals surface area contributed by atoms with Gasteiger partial charge < -0.3 is 14.6 Å². The average molecular weight is 353 g/mol. The highest BCUT2D eigenvalue weighted by Gasteiger charge is 2.21. The Bertz CT molecular complexity index is 997. The Kier molecular flexibility index (Phi) is 4.55. The first-order chi connectivity index (χ1) is 12.0. The Hall–Kier alpha value is -3.11. The number of hydrogen-bond acceptors (Lipinski definition) is 4. The first-order valence-electron chi connectivity index (χ1n) is 7.65. The van der Waals surface area contributed by atoms with Crippen LogP contribution in [0.1, 0.15) is 23.0 Å². The third-order valence-electron chi connectivity index (χ3n) is 3.94. The van der Waals surface area contributed by atoms with Crippen molar-refractivity contribution in [1.29, 1.82) is 5.26 Å². The van der Waals surface area contributed by atoms with Crippen molar-refractivity contribution in [2.24, 2.45) is 0 Å². The molecule has 3 aromatic rings. The lowest BCUT2D eigenvalue weighted by molar-refractivity contribution is -0.119. The molecule has 0 saturated heterocycles. The lowest BCUT2D eigenvalue weighted by atomic mass is 10.2. The van der Waals surface area contributed by atoms with Crippen LogP contribution in [0.4, 0.5) is 5.69 Å². The maximum Gasteiger partial charge on any atom is 0.352 e. The van der Waals surface area contributed by atoms with Crippen LogP contribution in [0, 0.1) is 11.3 Å². The number of benzene rings is 1. The number of anilines is 1. The van der Waals surface area contributed by atoms with E-state index >= 15 is 0 Å².